The summed E-state index contributed by atoms with van der Waals surface area (Å²) in [6.07, 6.45) is 3.43. The van der Waals surface area contributed by atoms with E-state index in [1.165, 1.54) is 4.90 Å². The molecule has 1 heterocycles. The fraction of sp³-hybridized carbons (Fsp3) is 0.500. The number of aromatic nitrogens is 1. The first-order chi connectivity index (χ1) is 9.31. The zero-order valence-corrected chi connectivity index (χ0v) is 12.3. The van der Waals surface area contributed by atoms with Crippen LogP contribution < -0.4 is 5.32 Å². The van der Waals surface area contributed by atoms with Crippen LogP contribution in [0.2, 0.25) is 0 Å². The number of nitrogens with zero attached hydrogens (tertiary/aromatic N) is 2. The Hall–Kier alpha value is -2.11. The summed E-state index contributed by atoms with van der Waals surface area (Å²) < 4.78 is 0. The van der Waals surface area contributed by atoms with Gasteiger partial charge in [-0.05, 0) is 24.0 Å². The Morgan fingerprint density at radius 1 is 1.40 bits per heavy atom. The fourth-order valence-electron chi connectivity index (χ4n) is 1.81. The summed E-state index contributed by atoms with van der Waals surface area (Å²) in [4.78, 5) is 28.5. The molecule has 1 atom stereocenters. The summed E-state index contributed by atoms with van der Waals surface area (Å²) in [5.74, 6) is -1.20. The fourth-order valence-corrected chi connectivity index (χ4v) is 1.81. The number of aryl methyl sites for hydroxylation is 1. The normalized spacial score (nSPS) is 12.1. The minimum absolute atomic E-state index is 0.175. The molecule has 0 bridgehead atoms. The SMILES string of the molecule is Cc1cncc(CN(C)C(=O)NC(C(=O)O)C(C)C)c1. The predicted molar refractivity (Wildman–Crippen MR) is 75.2 cm³/mol. The van der Waals surface area contributed by atoms with Crippen molar-refractivity contribution in [2.45, 2.75) is 33.4 Å². The Balaban J connectivity index is 2.65. The topological polar surface area (TPSA) is 82.5 Å². The molecule has 6 nitrogen and oxygen atoms in total. The zero-order chi connectivity index (χ0) is 15.3. The maximum atomic E-state index is 12.0. The molecule has 1 aromatic rings. The molecule has 0 fully saturated rings. The Kier molecular flexibility index (Phi) is 5.49. The van der Waals surface area contributed by atoms with Gasteiger partial charge in [-0.25, -0.2) is 9.59 Å². The number of rotatable bonds is 5. The highest BCUT2D eigenvalue weighted by Crippen LogP contribution is 2.06. The van der Waals surface area contributed by atoms with Gasteiger partial charge in [0.05, 0.1) is 0 Å². The van der Waals surface area contributed by atoms with Crippen LogP contribution in [0.4, 0.5) is 4.79 Å². The summed E-state index contributed by atoms with van der Waals surface area (Å²) in [5.41, 5.74) is 1.92. The van der Waals surface area contributed by atoms with Gasteiger partial charge in [-0.1, -0.05) is 19.9 Å². The maximum Gasteiger partial charge on any atom is 0.326 e. The number of carboxylic acid groups (broad SMARTS) is 1. The zero-order valence-electron chi connectivity index (χ0n) is 12.3. The average molecular weight is 279 g/mol. The molecule has 0 saturated carbocycles. The number of carbonyl (C=O) groups is 2. The molecule has 0 spiro atoms. The van der Waals surface area contributed by atoms with E-state index in [1.807, 2.05) is 13.0 Å². The van der Waals surface area contributed by atoms with Crippen LogP contribution in [0.1, 0.15) is 25.0 Å². The first-order valence-corrected chi connectivity index (χ1v) is 6.46. The van der Waals surface area contributed by atoms with E-state index in [2.05, 4.69) is 10.3 Å². The summed E-state index contributed by atoms with van der Waals surface area (Å²) in [5, 5.41) is 11.6. The molecule has 1 rings (SSSR count). The number of amides is 2. The average Bonchev–Trinajstić information content (AvgIpc) is 2.34. The lowest BCUT2D eigenvalue weighted by atomic mass is 10.1. The Morgan fingerprint density at radius 2 is 2.05 bits per heavy atom. The third-order valence-electron chi connectivity index (χ3n) is 2.91. The number of carboxylic acids is 1. The molecular weight excluding hydrogens is 258 g/mol. The van der Waals surface area contributed by atoms with Gasteiger partial charge >= 0.3 is 12.0 Å². The monoisotopic (exact) mass is 279 g/mol. The molecule has 0 aliphatic carbocycles. The standard InChI is InChI=1S/C14H21N3O3/c1-9(2)12(13(18)19)16-14(20)17(4)8-11-5-10(3)6-15-7-11/h5-7,9,12H,8H2,1-4H3,(H,16,20)(H,18,19). The van der Waals surface area contributed by atoms with Crippen LogP contribution >= 0.6 is 0 Å². The van der Waals surface area contributed by atoms with Gasteiger partial charge in [0.1, 0.15) is 6.04 Å². The molecule has 1 aromatic heterocycles. The molecule has 20 heavy (non-hydrogen) atoms. The summed E-state index contributed by atoms with van der Waals surface area (Å²) >= 11 is 0. The highest BCUT2D eigenvalue weighted by atomic mass is 16.4. The van der Waals surface area contributed by atoms with E-state index in [1.54, 1.807) is 33.3 Å². The molecule has 1 unspecified atom stereocenters. The van der Waals surface area contributed by atoms with Crippen molar-refractivity contribution in [2.24, 2.45) is 5.92 Å². The van der Waals surface area contributed by atoms with Gasteiger partial charge in [0.15, 0.2) is 0 Å². The van der Waals surface area contributed by atoms with Crippen LogP contribution in [-0.4, -0.2) is 40.1 Å². The lowest BCUT2D eigenvalue weighted by Crippen LogP contribution is -2.48. The molecule has 6 heteroatoms. The Labute approximate surface area is 118 Å². The van der Waals surface area contributed by atoms with Crippen molar-refractivity contribution in [2.75, 3.05) is 7.05 Å². The summed E-state index contributed by atoms with van der Waals surface area (Å²) in [7, 11) is 1.62. The minimum Gasteiger partial charge on any atom is -0.480 e. The predicted octanol–water partition coefficient (Wildman–Crippen LogP) is 1.64. The van der Waals surface area contributed by atoms with Gasteiger partial charge in [0, 0.05) is 26.0 Å². The first-order valence-electron chi connectivity index (χ1n) is 6.46. The van der Waals surface area contributed by atoms with Crippen LogP contribution in [0.25, 0.3) is 0 Å². The second-order valence-electron chi connectivity index (χ2n) is 5.24. The molecule has 0 aromatic carbocycles. The van der Waals surface area contributed by atoms with Crippen molar-refractivity contribution in [3.8, 4) is 0 Å². The first kappa shape index (κ1) is 15.9. The summed E-state index contributed by atoms with van der Waals surface area (Å²) in [6, 6.07) is 0.640. The smallest absolute Gasteiger partial charge is 0.326 e. The quantitative estimate of drug-likeness (QED) is 0.858. The van der Waals surface area contributed by atoms with E-state index in [9.17, 15) is 9.59 Å². The van der Waals surface area contributed by atoms with Gasteiger partial charge in [-0.15, -0.1) is 0 Å². The van der Waals surface area contributed by atoms with Crippen LogP contribution in [0, 0.1) is 12.8 Å². The molecule has 2 N–H and O–H groups in total. The van der Waals surface area contributed by atoms with Crippen LogP contribution in [-0.2, 0) is 11.3 Å². The molecule has 0 radical (unpaired) electrons. The third kappa shape index (κ3) is 4.53. The van der Waals surface area contributed by atoms with Crippen LogP contribution in [0.3, 0.4) is 0 Å². The summed E-state index contributed by atoms with van der Waals surface area (Å²) in [6.45, 7) is 5.81. The second kappa shape index (κ2) is 6.88. The number of hydrogen-bond donors (Lipinski definition) is 2. The van der Waals surface area contributed by atoms with Crippen LogP contribution in [0.15, 0.2) is 18.5 Å². The van der Waals surface area contributed by atoms with E-state index in [0.29, 0.717) is 6.54 Å². The van der Waals surface area contributed by atoms with Crippen molar-refractivity contribution in [3.63, 3.8) is 0 Å². The lowest BCUT2D eigenvalue weighted by molar-refractivity contribution is -0.140. The molecule has 110 valence electrons. The van der Waals surface area contributed by atoms with Crippen molar-refractivity contribution < 1.29 is 14.7 Å². The van der Waals surface area contributed by atoms with Gasteiger partial charge in [0.25, 0.3) is 0 Å². The number of nitrogens with one attached hydrogen (secondary N) is 1. The van der Waals surface area contributed by atoms with Crippen molar-refractivity contribution in [3.05, 3.63) is 29.6 Å². The third-order valence-corrected chi connectivity index (χ3v) is 2.91. The highest BCUT2D eigenvalue weighted by molar-refractivity contribution is 5.82. The molecular formula is C14H21N3O3. The number of hydrogen-bond acceptors (Lipinski definition) is 3. The number of aliphatic carboxylic acids is 1. The van der Waals surface area contributed by atoms with E-state index in [4.69, 9.17) is 5.11 Å². The molecule has 2 amide bonds. The van der Waals surface area contributed by atoms with Gasteiger partial charge in [-0.3, -0.25) is 4.98 Å². The van der Waals surface area contributed by atoms with E-state index < -0.39 is 18.0 Å². The highest BCUT2D eigenvalue weighted by Gasteiger charge is 2.24. The molecule has 0 aliphatic rings. The lowest BCUT2D eigenvalue weighted by Gasteiger charge is -2.23. The van der Waals surface area contributed by atoms with Gasteiger partial charge in [0.2, 0.25) is 0 Å². The molecule has 0 saturated heterocycles. The van der Waals surface area contributed by atoms with Gasteiger partial charge in [-0.2, -0.15) is 0 Å². The van der Waals surface area contributed by atoms with E-state index >= 15 is 0 Å². The second-order valence-corrected chi connectivity index (χ2v) is 5.24. The van der Waals surface area contributed by atoms with E-state index in [-0.39, 0.29) is 5.92 Å². The van der Waals surface area contributed by atoms with Crippen molar-refractivity contribution in [1.82, 2.24) is 15.2 Å². The maximum absolute atomic E-state index is 12.0. The number of carbonyl (C=O) groups excluding carboxylic acids is 1. The number of urea groups is 1. The Morgan fingerprint density at radius 3 is 2.55 bits per heavy atom. The van der Waals surface area contributed by atoms with E-state index in [0.717, 1.165) is 11.1 Å². The number of pyridine rings is 1. The minimum atomic E-state index is -1.03. The Bertz CT molecular complexity index is 488. The largest absolute Gasteiger partial charge is 0.480 e. The van der Waals surface area contributed by atoms with Crippen molar-refractivity contribution in [1.29, 1.82) is 0 Å². The molecule has 0 aliphatic heterocycles. The van der Waals surface area contributed by atoms with Crippen LogP contribution in [0.5, 0.6) is 0 Å². The van der Waals surface area contributed by atoms with Gasteiger partial charge < -0.3 is 15.3 Å². The van der Waals surface area contributed by atoms with Crippen molar-refractivity contribution >= 4 is 12.0 Å².